The quantitative estimate of drug-likeness (QED) is 0.702. The second-order valence-corrected chi connectivity index (χ2v) is 6.10. The third-order valence-corrected chi connectivity index (χ3v) is 3.90. The molecule has 24 heavy (non-hydrogen) atoms. The monoisotopic (exact) mass is 324 g/mol. The van der Waals surface area contributed by atoms with Crippen molar-refractivity contribution in [3.8, 4) is 16.9 Å². The molecular weight excluding hydrogens is 304 g/mol. The Labute approximate surface area is 140 Å². The van der Waals surface area contributed by atoms with E-state index in [1.54, 1.807) is 6.07 Å². The first-order valence-electron chi connectivity index (χ1n) is 7.89. The summed E-state index contributed by atoms with van der Waals surface area (Å²) >= 11 is 0. The molecule has 0 atom stereocenters. The zero-order valence-corrected chi connectivity index (χ0v) is 13.8. The normalized spacial score (nSPS) is 11.1. The van der Waals surface area contributed by atoms with E-state index in [-0.39, 0.29) is 5.69 Å². The van der Waals surface area contributed by atoms with E-state index in [9.17, 15) is 9.90 Å². The number of H-pyrrole nitrogens is 1. The Bertz CT molecular complexity index is 851. The number of aromatic amines is 1. The van der Waals surface area contributed by atoms with Gasteiger partial charge in [0.2, 0.25) is 0 Å². The summed E-state index contributed by atoms with van der Waals surface area (Å²) in [5, 5.41) is 11.8. The molecule has 0 aliphatic heterocycles. The summed E-state index contributed by atoms with van der Waals surface area (Å²) in [6, 6.07) is 15.3. The van der Waals surface area contributed by atoms with Crippen LogP contribution < -0.4 is 14.7 Å². The van der Waals surface area contributed by atoms with E-state index in [0.717, 1.165) is 34.3 Å². The predicted molar refractivity (Wildman–Crippen MR) is 91.2 cm³/mol. The standard InChI is InChI=1S/C19H20N2O3/c1-21(2)9-10-24-16-7-5-13(6-8-16)14-3-4-15-12-18(19(22)23)20-17(15)11-14/h3-8,11-12,20H,9-10H2,1-2H3,(H,22,23). The number of quaternary nitrogens is 1. The van der Waals surface area contributed by atoms with E-state index in [0.29, 0.717) is 6.61 Å². The van der Waals surface area contributed by atoms with Gasteiger partial charge in [-0.05, 0) is 35.4 Å². The molecule has 0 unspecified atom stereocenters. The Kier molecular flexibility index (Phi) is 4.53. The number of carbonyl (C=O) groups excluding carboxylic acids is 1. The molecule has 5 heteroatoms. The highest BCUT2D eigenvalue weighted by molar-refractivity contribution is 5.94. The SMILES string of the molecule is C[NH+](C)CCOc1ccc(-c2ccc3cc(C(=O)[O-])[nH]c3c2)cc1. The number of hydrogen-bond donors (Lipinski definition) is 2. The molecule has 0 fully saturated rings. The molecule has 3 aromatic rings. The van der Waals surface area contributed by atoms with Crippen LogP contribution in [0.1, 0.15) is 10.5 Å². The molecule has 1 aromatic heterocycles. The van der Waals surface area contributed by atoms with Crippen molar-refractivity contribution in [3.05, 3.63) is 54.2 Å². The van der Waals surface area contributed by atoms with E-state index >= 15 is 0 Å². The topological polar surface area (TPSA) is 69.6 Å². The molecule has 0 aliphatic carbocycles. The zero-order valence-electron chi connectivity index (χ0n) is 13.8. The number of aromatic carboxylic acids is 1. The van der Waals surface area contributed by atoms with Crippen LogP contribution in [0, 0.1) is 0 Å². The summed E-state index contributed by atoms with van der Waals surface area (Å²) in [6.45, 7) is 1.63. The summed E-state index contributed by atoms with van der Waals surface area (Å²) in [6.07, 6.45) is 0. The molecule has 3 rings (SSSR count). The number of nitrogens with one attached hydrogen (secondary N) is 2. The molecule has 124 valence electrons. The van der Waals surface area contributed by atoms with Crippen molar-refractivity contribution in [1.29, 1.82) is 0 Å². The maximum Gasteiger partial charge on any atom is 0.137 e. The van der Waals surface area contributed by atoms with Crippen molar-refractivity contribution in [3.63, 3.8) is 0 Å². The van der Waals surface area contributed by atoms with Gasteiger partial charge in [0.15, 0.2) is 0 Å². The van der Waals surface area contributed by atoms with Crippen LogP contribution in [0.4, 0.5) is 0 Å². The van der Waals surface area contributed by atoms with Gasteiger partial charge in [-0.3, -0.25) is 0 Å². The molecule has 0 bridgehead atoms. The van der Waals surface area contributed by atoms with Crippen molar-refractivity contribution in [2.45, 2.75) is 0 Å². The fraction of sp³-hybridized carbons (Fsp3) is 0.211. The number of carboxylic acid groups (broad SMARTS) is 1. The molecule has 2 aromatic carbocycles. The van der Waals surface area contributed by atoms with Crippen LogP contribution in [-0.4, -0.2) is 38.2 Å². The summed E-state index contributed by atoms with van der Waals surface area (Å²) in [5.41, 5.74) is 2.93. The first kappa shape index (κ1) is 16.1. The Hall–Kier alpha value is -2.79. The lowest BCUT2D eigenvalue weighted by Crippen LogP contribution is -3.06. The lowest BCUT2D eigenvalue weighted by molar-refractivity contribution is -0.858. The molecule has 2 N–H and O–H groups in total. The van der Waals surface area contributed by atoms with Gasteiger partial charge in [-0.2, -0.15) is 0 Å². The van der Waals surface area contributed by atoms with E-state index in [1.165, 1.54) is 4.90 Å². The predicted octanol–water partition coefficient (Wildman–Crippen LogP) is 0.722. The number of carbonyl (C=O) groups is 1. The minimum atomic E-state index is -1.20. The maximum absolute atomic E-state index is 10.9. The van der Waals surface area contributed by atoms with Gasteiger partial charge in [0.1, 0.15) is 18.9 Å². The van der Waals surface area contributed by atoms with Gasteiger partial charge in [0, 0.05) is 10.9 Å². The lowest BCUT2D eigenvalue weighted by Gasteiger charge is -2.09. The maximum atomic E-state index is 10.9. The van der Waals surface area contributed by atoms with Crippen LogP contribution in [0.2, 0.25) is 0 Å². The first-order chi connectivity index (χ1) is 11.5. The average molecular weight is 324 g/mol. The van der Waals surface area contributed by atoms with Crippen LogP contribution in [0.25, 0.3) is 22.0 Å². The van der Waals surface area contributed by atoms with Crippen LogP contribution in [0.15, 0.2) is 48.5 Å². The molecule has 0 amide bonds. The molecule has 0 saturated heterocycles. The Morgan fingerprint density at radius 2 is 1.79 bits per heavy atom. The molecule has 1 heterocycles. The van der Waals surface area contributed by atoms with Crippen molar-refractivity contribution in [2.24, 2.45) is 0 Å². The first-order valence-corrected chi connectivity index (χ1v) is 7.89. The van der Waals surface area contributed by atoms with Gasteiger partial charge in [-0.1, -0.05) is 24.3 Å². The number of carboxylic acids is 1. The van der Waals surface area contributed by atoms with Crippen molar-refractivity contribution >= 4 is 16.9 Å². The van der Waals surface area contributed by atoms with Crippen molar-refractivity contribution in [2.75, 3.05) is 27.2 Å². The number of ether oxygens (including phenoxy) is 1. The number of benzene rings is 2. The Balaban J connectivity index is 1.78. The van der Waals surface area contributed by atoms with Gasteiger partial charge >= 0.3 is 0 Å². The summed E-state index contributed by atoms with van der Waals surface area (Å²) in [5.74, 6) is -0.353. The van der Waals surface area contributed by atoms with Gasteiger partial charge in [-0.15, -0.1) is 0 Å². The number of aromatic nitrogens is 1. The average Bonchev–Trinajstić information content (AvgIpc) is 2.98. The third-order valence-electron chi connectivity index (χ3n) is 3.90. The molecule has 0 radical (unpaired) electrons. The van der Waals surface area contributed by atoms with Gasteiger partial charge in [0.05, 0.1) is 25.8 Å². The third kappa shape index (κ3) is 3.58. The van der Waals surface area contributed by atoms with E-state index in [4.69, 9.17) is 4.74 Å². The fourth-order valence-corrected chi connectivity index (χ4v) is 2.53. The Morgan fingerprint density at radius 1 is 1.08 bits per heavy atom. The second kappa shape index (κ2) is 6.76. The number of likely N-dealkylation sites (N-methyl/N-ethyl adjacent to an activating group) is 1. The summed E-state index contributed by atoms with van der Waals surface area (Å²) in [7, 11) is 4.18. The van der Waals surface area contributed by atoms with Gasteiger partial charge in [0.25, 0.3) is 0 Å². The van der Waals surface area contributed by atoms with Crippen molar-refractivity contribution < 1.29 is 19.5 Å². The molecule has 5 nitrogen and oxygen atoms in total. The number of hydrogen-bond acceptors (Lipinski definition) is 3. The van der Waals surface area contributed by atoms with Gasteiger partial charge < -0.3 is 24.5 Å². The van der Waals surface area contributed by atoms with E-state index in [2.05, 4.69) is 19.1 Å². The fourth-order valence-electron chi connectivity index (χ4n) is 2.53. The largest absolute Gasteiger partial charge is 0.543 e. The highest BCUT2D eigenvalue weighted by Crippen LogP contribution is 2.26. The summed E-state index contributed by atoms with van der Waals surface area (Å²) < 4.78 is 5.71. The molecule has 0 spiro atoms. The van der Waals surface area contributed by atoms with E-state index < -0.39 is 5.97 Å². The Morgan fingerprint density at radius 3 is 2.46 bits per heavy atom. The second-order valence-electron chi connectivity index (χ2n) is 6.10. The van der Waals surface area contributed by atoms with Crippen LogP contribution >= 0.6 is 0 Å². The minimum absolute atomic E-state index is 0.0916. The molecule has 0 aliphatic rings. The minimum Gasteiger partial charge on any atom is -0.543 e. The van der Waals surface area contributed by atoms with Crippen LogP contribution in [0.3, 0.4) is 0 Å². The smallest absolute Gasteiger partial charge is 0.137 e. The molecular formula is C19H20N2O3. The highest BCUT2D eigenvalue weighted by atomic mass is 16.5. The number of rotatable bonds is 6. The van der Waals surface area contributed by atoms with Gasteiger partial charge in [-0.25, -0.2) is 0 Å². The summed E-state index contributed by atoms with van der Waals surface area (Å²) in [4.78, 5) is 15.1. The van der Waals surface area contributed by atoms with Crippen LogP contribution in [0.5, 0.6) is 5.75 Å². The van der Waals surface area contributed by atoms with Crippen LogP contribution in [-0.2, 0) is 0 Å². The zero-order chi connectivity index (χ0) is 17.1. The number of fused-ring (bicyclic) bond motifs is 1. The molecule has 0 saturated carbocycles. The highest BCUT2D eigenvalue weighted by Gasteiger charge is 2.05. The van der Waals surface area contributed by atoms with E-state index in [1.807, 2.05) is 42.5 Å². The van der Waals surface area contributed by atoms with Crippen molar-refractivity contribution in [1.82, 2.24) is 4.98 Å². The lowest BCUT2D eigenvalue weighted by atomic mass is 10.0.